The fraction of sp³-hybridized carbons (Fsp3) is 0.375. The molecule has 2 aliphatic heterocycles. The molecule has 0 radical (unpaired) electrons. The van der Waals surface area contributed by atoms with E-state index in [-0.39, 0.29) is 5.91 Å². The Labute approximate surface area is 167 Å². The monoisotopic (exact) mass is 376 g/mol. The summed E-state index contributed by atoms with van der Waals surface area (Å²) in [7, 11) is 0. The van der Waals surface area contributed by atoms with E-state index >= 15 is 0 Å². The fourth-order valence-corrected chi connectivity index (χ4v) is 3.90. The third kappa shape index (κ3) is 4.63. The van der Waals surface area contributed by atoms with E-state index in [0.29, 0.717) is 18.1 Å². The van der Waals surface area contributed by atoms with Gasteiger partial charge in [0.25, 0.3) is 5.91 Å². The molecule has 1 amide bonds. The summed E-state index contributed by atoms with van der Waals surface area (Å²) < 4.78 is 5.69. The zero-order valence-electron chi connectivity index (χ0n) is 16.5. The highest BCUT2D eigenvalue weighted by molar-refractivity contribution is 5.99. The lowest BCUT2D eigenvalue weighted by Gasteiger charge is -2.32. The number of likely N-dealkylation sites (tertiary alicyclic amines) is 1. The zero-order valence-corrected chi connectivity index (χ0v) is 16.5. The summed E-state index contributed by atoms with van der Waals surface area (Å²) in [6.45, 7) is 6.41. The van der Waals surface area contributed by atoms with Gasteiger partial charge in [0.1, 0.15) is 12.4 Å². The predicted molar refractivity (Wildman–Crippen MR) is 112 cm³/mol. The van der Waals surface area contributed by atoms with Crippen LogP contribution in [0, 0.1) is 12.8 Å². The van der Waals surface area contributed by atoms with Gasteiger partial charge in [0, 0.05) is 18.7 Å². The van der Waals surface area contributed by atoms with Crippen molar-refractivity contribution < 1.29 is 9.53 Å². The number of fused-ring (bicyclic) bond motifs is 1. The van der Waals surface area contributed by atoms with Gasteiger partial charge in [0.2, 0.25) is 0 Å². The summed E-state index contributed by atoms with van der Waals surface area (Å²) in [5.74, 6) is 1.40. The van der Waals surface area contributed by atoms with Crippen LogP contribution < -0.4 is 10.1 Å². The number of carbonyl (C=O) groups is 1. The highest BCUT2D eigenvalue weighted by Crippen LogP contribution is 2.26. The Kier molecular flexibility index (Phi) is 5.77. The van der Waals surface area contributed by atoms with Gasteiger partial charge in [-0.05, 0) is 56.5 Å². The van der Waals surface area contributed by atoms with E-state index in [0.717, 1.165) is 50.3 Å². The number of hydrogen-bond acceptors (Lipinski definition) is 3. The number of benzene rings is 2. The molecule has 0 unspecified atom stereocenters. The molecule has 4 rings (SSSR count). The lowest BCUT2D eigenvalue weighted by molar-refractivity contribution is -0.118. The van der Waals surface area contributed by atoms with Crippen molar-refractivity contribution >= 4 is 12.0 Å². The molecule has 146 valence electrons. The van der Waals surface area contributed by atoms with Gasteiger partial charge in [0.05, 0.1) is 5.57 Å². The second-order valence-electron chi connectivity index (χ2n) is 7.91. The van der Waals surface area contributed by atoms with Crippen molar-refractivity contribution in [2.24, 2.45) is 5.92 Å². The van der Waals surface area contributed by atoms with Crippen LogP contribution >= 0.6 is 0 Å². The maximum absolute atomic E-state index is 12.5. The molecule has 1 saturated heterocycles. The van der Waals surface area contributed by atoms with E-state index in [1.165, 1.54) is 11.1 Å². The number of aryl methyl sites for hydroxylation is 1. The van der Waals surface area contributed by atoms with Crippen molar-refractivity contribution in [2.45, 2.75) is 26.3 Å². The largest absolute Gasteiger partial charge is 0.488 e. The minimum Gasteiger partial charge on any atom is -0.488 e. The van der Waals surface area contributed by atoms with Crippen molar-refractivity contribution in [3.05, 3.63) is 70.8 Å². The molecule has 0 aromatic heterocycles. The van der Waals surface area contributed by atoms with Crippen LogP contribution in [-0.2, 0) is 11.3 Å². The maximum Gasteiger partial charge on any atom is 0.250 e. The smallest absolute Gasteiger partial charge is 0.250 e. The lowest BCUT2D eigenvalue weighted by Crippen LogP contribution is -2.39. The predicted octanol–water partition coefficient (Wildman–Crippen LogP) is 3.80. The molecular weight excluding hydrogens is 348 g/mol. The second kappa shape index (κ2) is 8.61. The van der Waals surface area contributed by atoms with Crippen molar-refractivity contribution in [3.8, 4) is 5.75 Å². The summed E-state index contributed by atoms with van der Waals surface area (Å²) in [5, 5.41) is 3.12. The number of nitrogens with zero attached hydrogens (tertiary/aromatic N) is 1. The molecule has 28 heavy (non-hydrogen) atoms. The number of piperidine rings is 1. The standard InChI is InChI=1S/C24H28N2O2/c1-18-6-8-20(9-7-18)16-26-12-10-19(11-13-26)15-25-24(27)22-14-21-4-2-3-5-23(21)28-17-22/h2-9,14,19H,10-13,15-17H2,1H3,(H,25,27). The van der Waals surface area contributed by atoms with E-state index in [9.17, 15) is 4.79 Å². The van der Waals surface area contributed by atoms with Crippen LogP contribution in [0.15, 0.2) is 54.1 Å². The molecule has 2 aliphatic rings. The molecule has 2 aromatic rings. The summed E-state index contributed by atoms with van der Waals surface area (Å²) in [6, 6.07) is 16.6. The number of hydrogen-bond donors (Lipinski definition) is 1. The third-order valence-corrected chi connectivity index (χ3v) is 5.71. The van der Waals surface area contributed by atoms with Crippen molar-refractivity contribution in [1.29, 1.82) is 0 Å². The van der Waals surface area contributed by atoms with Crippen LogP contribution in [0.5, 0.6) is 5.75 Å². The Bertz CT molecular complexity index is 849. The van der Waals surface area contributed by atoms with Gasteiger partial charge >= 0.3 is 0 Å². The number of rotatable bonds is 5. The average molecular weight is 377 g/mol. The molecule has 0 aliphatic carbocycles. The molecule has 4 nitrogen and oxygen atoms in total. The van der Waals surface area contributed by atoms with E-state index < -0.39 is 0 Å². The van der Waals surface area contributed by atoms with Gasteiger partial charge in [-0.2, -0.15) is 0 Å². The summed E-state index contributed by atoms with van der Waals surface area (Å²) in [6.07, 6.45) is 4.20. The Hall–Kier alpha value is -2.59. The molecule has 0 atom stereocenters. The summed E-state index contributed by atoms with van der Waals surface area (Å²) in [4.78, 5) is 15.0. The minimum absolute atomic E-state index is 0.00316. The third-order valence-electron chi connectivity index (χ3n) is 5.71. The molecule has 0 spiro atoms. The normalized spacial score (nSPS) is 17.4. The second-order valence-corrected chi connectivity index (χ2v) is 7.91. The van der Waals surface area contributed by atoms with E-state index in [4.69, 9.17) is 4.74 Å². The van der Waals surface area contributed by atoms with Crippen LogP contribution in [0.4, 0.5) is 0 Å². The van der Waals surface area contributed by atoms with Gasteiger partial charge in [-0.25, -0.2) is 0 Å². The molecular formula is C24H28N2O2. The number of para-hydroxylation sites is 1. The molecule has 0 bridgehead atoms. The highest BCUT2D eigenvalue weighted by Gasteiger charge is 2.21. The topological polar surface area (TPSA) is 41.6 Å². The van der Waals surface area contributed by atoms with Crippen LogP contribution in [0.25, 0.3) is 6.08 Å². The Morgan fingerprint density at radius 3 is 2.64 bits per heavy atom. The van der Waals surface area contributed by atoms with E-state index in [2.05, 4.69) is 41.4 Å². The van der Waals surface area contributed by atoms with Crippen molar-refractivity contribution in [1.82, 2.24) is 10.2 Å². The SMILES string of the molecule is Cc1ccc(CN2CCC(CNC(=O)C3=Cc4ccccc4OC3)CC2)cc1. The lowest BCUT2D eigenvalue weighted by atomic mass is 9.96. The quantitative estimate of drug-likeness (QED) is 0.863. The van der Waals surface area contributed by atoms with Crippen LogP contribution in [-0.4, -0.2) is 37.0 Å². The molecule has 2 heterocycles. The first-order chi connectivity index (χ1) is 13.7. The highest BCUT2D eigenvalue weighted by atomic mass is 16.5. The average Bonchev–Trinajstić information content (AvgIpc) is 2.74. The van der Waals surface area contributed by atoms with Crippen LogP contribution in [0.3, 0.4) is 0 Å². The Morgan fingerprint density at radius 2 is 1.86 bits per heavy atom. The van der Waals surface area contributed by atoms with Gasteiger partial charge in [-0.1, -0.05) is 48.0 Å². The number of ether oxygens (including phenoxy) is 1. The molecule has 1 N–H and O–H groups in total. The first kappa shape index (κ1) is 18.8. The van der Waals surface area contributed by atoms with Gasteiger partial charge < -0.3 is 10.1 Å². The first-order valence-corrected chi connectivity index (χ1v) is 10.2. The molecule has 2 aromatic carbocycles. The molecule has 4 heteroatoms. The van der Waals surface area contributed by atoms with Crippen LogP contribution in [0.2, 0.25) is 0 Å². The van der Waals surface area contributed by atoms with E-state index in [1.807, 2.05) is 30.3 Å². The van der Waals surface area contributed by atoms with Crippen LogP contribution in [0.1, 0.15) is 29.5 Å². The Morgan fingerprint density at radius 1 is 1.11 bits per heavy atom. The summed E-state index contributed by atoms with van der Waals surface area (Å²) in [5.41, 5.74) is 4.36. The number of carbonyl (C=O) groups excluding carboxylic acids is 1. The number of amides is 1. The minimum atomic E-state index is -0.00316. The molecule has 1 fully saturated rings. The van der Waals surface area contributed by atoms with Gasteiger partial charge in [-0.15, -0.1) is 0 Å². The van der Waals surface area contributed by atoms with Gasteiger partial charge in [0.15, 0.2) is 0 Å². The van der Waals surface area contributed by atoms with Gasteiger partial charge in [-0.3, -0.25) is 9.69 Å². The van der Waals surface area contributed by atoms with Crippen molar-refractivity contribution in [2.75, 3.05) is 26.2 Å². The Balaban J connectivity index is 1.23. The van der Waals surface area contributed by atoms with Crippen molar-refractivity contribution in [3.63, 3.8) is 0 Å². The maximum atomic E-state index is 12.5. The number of nitrogens with one attached hydrogen (secondary N) is 1. The zero-order chi connectivity index (χ0) is 19.3. The summed E-state index contributed by atoms with van der Waals surface area (Å²) >= 11 is 0. The molecule has 0 saturated carbocycles. The van der Waals surface area contributed by atoms with E-state index in [1.54, 1.807) is 0 Å². The first-order valence-electron chi connectivity index (χ1n) is 10.2. The fourth-order valence-electron chi connectivity index (χ4n) is 3.90.